The van der Waals surface area contributed by atoms with Crippen LogP contribution in [0.2, 0.25) is 0 Å². The SMILES string of the molecule is COc1ccc(CN2CCc3c([nH]c4ccccc34)[C@H]2c2cnn(C(C)C)c2)c(F)c1. The Morgan fingerprint density at radius 3 is 2.81 bits per heavy atom. The third kappa shape index (κ3) is 3.51. The van der Waals surface area contributed by atoms with Crippen molar-refractivity contribution in [1.29, 1.82) is 0 Å². The third-order valence-corrected chi connectivity index (χ3v) is 6.23. The quantitative estimate of drug-likeness (QED) is 0.482. The fourth-order valence-corrected chi connectivity index (χ4v) is 4.62. The number of H-pyrrole nitrogens is 1. The fourth-order valence-electron chi connectivity index (χ4n) is 4.62. The molecule has 0 unspecified atom stereocenters. The first-order chi connectivity index (χ1) is 15.0. The van der Waals surface area contributed by atoms with Gasteiger partial charge in [0.2, 0.25) is 0 Å². The number of ether oxygens (including phenoxy) is 1. The molecule has 4 aromatic rings. The summed E-state index contributed by atoms with van der Waals surface area (Å²) in [5.74, 6) is 0.297. The topological polar surface area (TPSA) is 46.1 Å². The van der Waals surface area contributed by atoms with Gasteiger partial charge in [0.05, 0.1) is 19.3 Å². The Morgan fingerprint density at radius 1 is 1.23 bits per heavy atom. The summed E-state index contributed by atoms with van der Waals surface area (Å²) in [4.78, 5) is 6.00. The highest BCUT2D eigenvalue weighted by atomic mass is 19.1. The van der Waals surface area contributed by atoms with Crippen LogP contribution < -0.4 is 4.74 Å². The van der Waals surface area contributed by atoms with Gasteiger partial charge in [-0.3, -0.25) is 9.58 Å². The van der Waals surface area contributed by atoms with Gasteiger partial charge in [-0.15, -0.1) is 0 Å². The molecule has 1 aliphatic heterocycles. The van der Waals surface area contributed by atoms with Gasteiger partial charge in [-0.25, -0.2) is 4.39 Å². The third-order valence-electron chi connectivity index (χ3n) is 6.23. The number of benzene rings is 2. The summed E-state index contributed by atoms with van der Waals surface area (Å²) >= 11 is 0. The van der Waals surface area contributed by atoms with Gasteiger partial charge in [0.15, 0.2) is 0 Å². The Balaban J connectivity index is 1.58. The van der Waals surface area contributed by atoms with E-state index in [1.54, 1.807) is 7.11 Å². The van der Waals surface area contributed by atoms with Gasteiger partial charge < -0.3 is 9.72 Å². The van der Waals surface area contributed by atoms with E-state index < -0.39 is 0 Å². The molecule has 0 fully saturated rings. The van der Waals surface area contributed by atoms with Crippen LogP contribution in [0.4, 0.5) is 4.39 Å². The van der Waals surface area contributed by atoms with Gasteiger partial charge >= 0.3 is 0 Å². The maximum Gasteiger partial charge on any atom is 0.131 e. The number of aromatic amines is 1. The molecule has 160 valence electrons. The van der Waals surface area contributed by atoms with E-state index >= 15 is 0 Å². The Morgan fingerprint density at radius 2 is 2.06 bits per heavy atom. The average molecular weight is 419 g/mol. The summed E-state index contributed by atoms with van der Waals surface area (Å²) in [5.41, 5.74) is 5.47. The zero-order chi connectivity index (χ0) is 21.5. The monoisotopic (exact) mass is 418 g/mol. The van der Waals surface area contributed by atoms with Gasteiger partial charge in [0.25, 0.3) is 0 Å². The predicted molar refractivity (Wildman–Crippen MR) is 120 cm³/mol. The van der Waals surface area contributed by atoms with Gasteiger partial charge in [0, 0.05) is 59.1 Å². The molecule has 0 radical (unpaired) electrons. The number of fused-ring (bicyclic) bond motifs is 3. The first-order valence-electron chi connectivity index (χ1n) is 10.7. The number of halogens is 1. The van der Waals surface area contributed by atoms with Crippen molar-refractivity contribution in [1.82, 2.24) is 19.7 Å². The minimum Gasteiger partial charge on any atom is -0.497 e. The first-order valence-corrected chi connectivity index (χ1v) is 10.7. The van der Waals surface area contributed by atoms with Crippen molar-refractivity contribution < 1.29 is 9.13 Å². The maximum absolute atomic E-state index is 14.8. The molecule has 1 atom stereocenters. The smallest absolute Gasteiger partial charge is 0.131 e. The van der Waals surface area contributed by atoms with E-state index in [1.165, 1.54) is 22.7 Å². The minimum absolute atomic E-state index is 0.00912. The maximum atomic E-state index is 14.8. The number of rotatable bonds is 5. The van der Waals surface area contributed by atoms with E-state index in [1.807, 2.05) is 23.0 Å². The van der Waals surface area contributed by atoms with Crippen molar-refractivity contribution in [3.8, 4) is 5.75 Å². The van der Waals surface area contributed by atoms with Crippen LogP contribution in [0, 0.1) is 5.82 Å². The molecule has 5 rings (SSSR count). The predicted octanol–water partition coefficient (Wildman–Crippen LogP) is 5.24. The van der Waals surface area contributed by atoms with Crippen LogP contribution >= 0.6 is 0 Å². The molecule has 6 heteroatoms. The van der Waals surface area contributed by atoms with Crippen molar-refractivity contribution in [2.75, 3.05) is 13.7 Å². The Labute approximate surface area is 181 Å². The lowest BCUT2D eigenvalue weighted by Gasteiger charge is -2.35. The van der Waals surface area contributed by atoms with Crippen LogP contribution in [0.5, 0.6) is 5.75 Å². The highest BCUT2D eigenvalue weighted by Gasteiger charge is 2.33. The zero-order valence-corrected chi connectivity index (χ0v) is 18.1. The average Bonchev–Trinajstić information content (AvgIpc) is 3.40. The van der Waals surface area contributed by atoms with E-state index in [0.717, 1.165) is 24.0 Å². The fraction of sp³-hybridized carbons (Fsp3) is 0.320. The normalized spacial score (nSPS) is 16.7. The van der Waals surface area contributed by atoms with E-state index in [9.17, 15) is 4.39 Å². The molecule has 0 aliphatic carbocycles. The lowest BCUT2D eigenvalue weighted by Crippen LogP contribution is -2.35. The molecule has 1 aliphatic rings. The lowest BCUT2D eigenvalue weighted by molar-refractivity contribution is 0.199. The number of nitrogens with one attached hydrogen (secondary N) is 1. The largest absolute Gasteiger partial charge is 0.497 e. The van der Waals surface area contributed by atoms with Gasteiger partial charge in [0.1, 0.15) is 11.6 Å². The number of hydrogen-bond donors (Lipinski definition) is 1. The van der Waals surface area contributed by atoms with Crippen molar-refractivity contribution in [2.45, 2.75) is 38.9 Å². The molecule has 3 heterocycles. The van der Waals surface area contributed by atoms with Crippen LogP contribution in [0.25, 0.3) is 10.9 Å². The van der Waals surface area contributed by atoms with E-state index in [0.29, 0.717) is 17.9 Å². The summed E-state index contributed by atoms with van der Waals surface area (Å²) in [5, 5.41) is 5.86. The molecule has 0 bridgehead atoms. The van der Waals surface area contributed by atoms with Crippen LogP contribution in [-0.4, -0.2) is 33.3 Å². The second-order valence-electron chi connectivity index (χ2n) is 8.49. The molecular weight excluding hydrogens is 391 g/mol. The summed E-state index contributed by atoms with van der Waals surface area (Å²) in [6.07, 6.45) is 4.99. The van der Waals surface area contributed by atoms with Gasteiger partial charge in [-0.1, -0.05) is 24.3 Å². The van der Waals surface area contributed by atoms with E-state index in [4.69, 9.17) is 4.74 Å². The molecule has 1 N–H and O–H groups in total. The molecule has 2 aromatic heterocycles. The van der Waals surface area contributed by atoms with Crippen molar-refractivity contribution in [3.05, 3.63) is 83.1 Å². The van der Waals surface area contributed by atoms with Crippen LogP contribution in [-0.2, 0) is 13.0 Å². The van der Waals surface area contributed by atoms with Crippen LogP contribution in [0.1, 0.15) is 48.3 Å². The molecule has 2 aromatic carbocycles. The van der Waals surface area contributed by atoms with E-state index in [2.05, 4.69) is 59.3 Å². The van der Waals surface area contributed by atoms with Crippen LogP contribution in [0.3, 0.4) is 0 Å². The Kier molecular flexibility index (Phi) is 5.02. The standard InChI is InChI=1S/C25H27FN4O/c1-16(2)30-15-18(13-27-30)25-24-21(20-6-4-5-7-23(20)28-24)10-11-29(25)14-17-8-9-19(31-3)12-22(17)26/h4-9,12-13,15-16,25,28H,10-11,14H2,1-3H3/t25-/m1/s1. The van der Waals surface area contributed by atoms with E-state index in [-0.39, 0.29) is 17.9 Å². The van der Waals surface area contributed by atoms with Gasteiger partial charge in [-0.05, 0) is 38.0 Å². The number of aromatic nitrogens is 3. The minimum atomic E-state index is -0.238. The second-order valence-corrected chi connectivity index (χ2v) is 8.49. The summed E-state index contributed by atoms with van der Waals surface area (Å²) < 4.78 is 21.9. The Bertz CT molecular complexity index is 1230. The molecule has 0 amide bonds. The summed E-state index contributed by atoms with van der Waals surface area (Å²) in [6, 6.07) is 13.8. The van der Waals surface area contributed by atoms with Crippen molar-refractivity contribution in [2.24, 2.45) is 0 Å². The Hall–Kier alpha value is -3.12. The molecule has 0 spiro atoms. The van der Waals surface area contributed by atoms with Crippen molar-refractivity contribution >= 4 is 10.9 Å². The molecule has 5 nitrogen and oxygen atoms in total. The van der Waals surface area contributed by atoms with Crippen LogP contribution in [0.15, 0.2) is 54.9 Å². The molecule has 0 saturated carbocycles. The summed E-state index contributed by atoms with van der Waals surface area (Å²) in [7, 11) is 1.55. The highest BCUT2D eigenvalue weighted by Crippen LogP contribution is 2.39. The van der Waals surface area contributed by atoms with Gasteiger partial charge in [-0.2, -0.15) is 5.10 Å². The highest BCUT2D eigenvalue weighted by molar-refractivity contribution is 5.85. The molecule has 0 saturated heterocycles. The number of hydrogen-bond acceptors (Lipinski definition) is 3. The van der Waals surface area contributed by atoms with Crippen molar-refractivity contribution in [3.63, 3.8) is 0 Å². The summed E-state index contributed by atoms with van der Waals surface area (Å²) in [6.45, 7) is 5.60. The lowest BCUT2D eigenvalue weighted by atomic mass is 9.93. The number of para-hydroxylation sites is 1. The zero-order valence-electron chi connectivity index (χ0n) is 18.1. The number of methoxy groups -OCH3 is 1. The number of nitrogens with zero attached hydrogens (tertiary/aromatic N) is 3. The second kappa shape index (κ2) is 7.85. The first kappa shape index (κ1) is 19.8. The molecular formula is C25H27FN4O. The molecule has 31 heavy (non-hydrogen) atoms.